The molecule has 3 aromatic heterocycles. The number of nitrogens with one attached hydrogen (secondary N) is 2. The van der Waals surface area contributed by atoms with Crippen molar-refractivity contribution in [2.75, 3.05) is 14.2 Å². The van der Waals surface area contributed by atoms with Crippen LogP contribution in [0.2, 0.25) is 0 Å². The summed E-state index contributed by atoms with van der Waals surface area (Å²) in [6, 6.07) is 3.88. The molecule has 0 fully saturated rings. The van der Waals surface area contributed by atoms with Crippen LogP contribution in [-0.4, -0.2) is 39.8 Å². The van der Waals surface area contributed by atoms with Crippen LogP contribution in [-0.2, 0) is 0 Å². The molecule has 0 saturated heterocycles. The van der Waals surface area contributed by atoms with Crippen LogP contribution in [0.3, 0.4) is 0 Å². The van der Waals surface area contributed by atoms with Crippen molar-refractivity contribution in [3.63, 3.8) is 0 Å². The van der Waals surface area contributed by atoms with Gasteiger partial charge in [0.25, 0.3) is 5.91 Å². The van der Waals surface area contributed by atoms with Crippen molar-refractivity contribution in [1.82, 2.24) is 25.1 Å². The lowest BCUT2D eigenvalue weighted by atomic mass is 10.1. The van der Waals surface area contributed by atoms with E-state index in [0.717, 1.165) is 16.5 Å². The predicted molar refractivity (Wildman–Crippen MR) is 87.6 cm³/mol. The molecule has 0 unspecified atom stereocenters. The van der Waals surface area contributed by atoms with E-state index in [9.17, 15) is 4.79 Å². The lowest BCUT2D eigenvalue weighted by Crippen LogP contribution is -2.23. The number of carbonyl (C=O) groups is 1. The maximum absolute atomic E-state index is 12.4. The van der Waals surface area contributed by atoms with Crippen LogP contribution in [0.4, 0.5) is 0 Å². The molecule has 3 aromatic rings. The molecule has 0 aliphatic heterocycles. The molecule has 0 aromatic carbocycles. The largest absolute Gasteiger partial charge is 0.480 e. The van der Waals surface area contributed by atoms with Crippen LogP contribution in [0.5, 0.6) is 5.88 Å². The van der Waals surface area contributed by atoms with E-state index in [1.165, 1.54) is 0 Å². The second-order valence-electron chi connectivity index (χ2n) is 5.47. The van der Waals surface area contributed by atoms with Gasteiger partial charge in [-0.15, -0.1) is 0 Å². The lowest BCUT2D eigenvalue weighted by Gasteiger charge is -2.13. The Morgan fingerprint density at radius 2 is 2.17 bits per heavy atom. The fourth-order valence-corrected chi connectivity index (χ4v) is 2.71. The van der Waals surface area contributed by atoms with Gasteiger partial charge in [0.1, 0.15) is 11.4 Å². The molecule has 120 valence electrons. The maximum Gasteiger partial charge on any atom is 0.268 e. The molecule has 0 bridgehead atoms. The number of hydrogen-bond acceptors (Lipinski definition) is 4. The summed E-state index contributed by atoms with van der Waals surface area (Å²) in [6.45, 7) is 4.06. The molecule has 23 heavy (non-hydrogen) atoms. The van der Waals surface area contributed by atoms with Gasteiger partial charge in [-0.05, 0) is 26.0 Å². The number of ether oxygens (including phenoxy) is 1. The number of H-pyrrole nitrogens is 1. The van der Waals surface area contributed by atoms with E-state index in [0.29, 0.717) is 17.3 Å². The average molecular weight is 313 g/mol. The smallest absolute Gasteiger partial charge is 0.268 e. The van der Waals surface area contributed by atoms with Gasteiger partial charge in [-0.25, -0.2) is 4.98 Å². The number of fused-ring (bicyclic) bond motifs is 1. The van der Waals surface area contributed by atoms with E-state index in [4.69, 9.17) is 4.74 Å². The molecule has 7 heteroatoms. The molecule has 3 heterocycles. The van der Waals surface area contributed by atoms with E-state index in [2.05, 4.69) is 20.5 Å². The Kier molecular flexibility index (Phi) is 3.77. The van der Waals surface area contributed by atoms with Crippen LogP contribution >= 0.6 is 0 Å². The monoisotopic (exact) mass is 313 g/mol. The Hall–Kier alpha value is -2.83. The summed E-state index contributed by atoms with van der Waals surface area (Å²) in [5.41, 5.74) is 2.78. The molecule has 0 atom stereocenters. The van der Waals surface area contributed by atoms with Crippen LogP contribution in [0.15, 0.2) is 24.5 Å². The molecule has 1 amide bonds. The molecule has 2 N–H and O–H groups in total. The maximum atomic E-state index is 12.4. The molecular formula is C16H19N5O2. The highest BCUT2D eigenvalue weighted by Gasteiger charge is 2.23. The zero-order valence-corrected chi connectivity index (χ0v) is 13.5. The van der Waals surface area contributed by atoms with E-state index in [-0.39, 0.29) is 11.9 Å². The van der Waals surface area contributed by atoms with E-state index >= 15 is 0 Å². The first-order valence-electron chi connectivity index (χ1n) is 7.38. The third kappa shape index (κ3) is 2.34. The molecule has 0 spiro atoms. The Labute approximate surface area is 133 Å². The molecule has 0 aliphatic rings. The Balaban J connectivity index is 2.30. The first kappa shape index (κ1) is 15.1. The quantitative estimate of drug-likeness (QED) is 0.774. The number of methoxy groups -OCH3 is 1. The minimum absolute atomic E-state index is 0.154. The van der Waals surface area contributed by atoms with Gasteiger partial charge < -0.3 is 14.6 Å². The predicted octanol–water partition coefficient (Wildman–Crippen LogP) is 2.38. The van der Waals surface area contributed by atoms with Crippen LogP contribution in [0.25, 0.3) is 22.2 Å². The minimum Gasteiger partial charge on any atom is -0.480 e. The fourth-order valence-electron chi connectivity index (χ4n) is 2.71. The zero-order valence-electron chi connectivity index (χ0n) is 13.5. The van der Waals surface area contributed by atoms with Crippen molar-refractivity contribution in [2.45, 2.75) is 19.9 Å². The Morgan fingerprint density at radius 3 is 2.83 bits per heavy atom. The first-order chi connectivity index (χ1) is 11.1. The van der Waals surface area contributed by atoms with Crippen molar-refractivity contribution < 1.29 is 9.53 Å². The molecule has 7 nitrogen and oxygen atoms in total. The van der Waals surface area contributed by atoms with Crippen molar-refractivity contribution in [3.05, 3.63) is 30.2 Å². The number of hydrogen-bond donors (Lipinski definition) is 2. The summed E-state index contributed by atoms with van der Waals surface area (Å²) in [6.07, 6.45) is 3.55. The number of aromatic amines is 1. The second-order valence-corrected chi connectivity index (χ2v) is 5.47. The highest BCUT2D eigenvalue weighted by molar-refractivity contribution is 6.04. The van der Waals surface area contributed by atoms with Gasteiger partial charge in [0.15, 0.2) is 0 Å². The Morgan fingerprint density at radius 1 is 1.39 bits per heavy atom. The topological polar surface area (TPSA) is 84.8 Å². The zero-order chi connectivity index (χ0) is 16.6. The van der Waals surface area contributed by atoms with Crippen LogP contribution in [0, 0.1) is 0 Å². The van der Waals surface area contributed by atoms with Crippen LogP contribution in [0.1, 0.15) is 30.4 Å². The standard InChI is InChI=1S/C16H19N5O2/c1-9(2)21-8-6-10(14(21)15(22)17-3)13-12-11(19-20-13)5-7-18-16(12)23-4/h5-9H,1-4H3,(H,17,22)(H,19,20). The summed E-state index contributed by atoms with van der Waals surface area (Å²) in [5.74, 6) is 0.323. The minimum atomic E-state index is -0.155. The molecule has 0 aliphatic carbocycles. The number of carbonyl (C=O) groups excluding carboxylic acids is 1. The Bertz CT molecular complexity index is 863. The van der Waals surface area contributed by atoms with Crippen LogP contribution < -0.4 is 10.1 Å². The van der Waals surface area contributed by atoms with Gasteiger partial charge in [0.2, 0.25) is 5.88 Å². The van der Waals surface area contributed by atoms with Crippen molar-refractivity contribution in [2.24, 2.45) is 0 Å². The molecule has 0 saturated carbocycles. The van der Waals surface area contributed by atoms with Gasteiger partial charge in [-0.2, -0.15) is 5.10 Å². The molecule has 0 radical (unpaired) electrons. The number of pyridine rings is 1. The second kappa shape index (κ2) is 5.75. The van der Waals surface area contributed by atoms with E-state index in [1.54, 1.807) is 20.4 Å². The van der Waals surface area contributed by atoms with Crippen molar-refractivity contribution in [3.8, 4) is 17.1 Å². The summed E-state index contributed by atoms with van der Waals surface area (Å²) >= 11 is 0. The molecule has 3 rings (SSSR count). The summed E-state index contributed by atoms with van der Waals surface area (Å²) in [4.78, 5) is 16.6. The first-order valence-corrected chi connectivity index (χ1v) is 7.38. The number of amides is 1. The van der Waals surface area contributed by atoms with Gasteiger partial charge >= 0.3 is 0 Å². The summed E-state index contributed by atoms with van der Waals surface area (Å²) < 4.78 is 7.28. The van der Waals surface area contributed by atoms with E-state index in [1.807, 2.05) is 36.7 Å². The van der Waals surface area contributed by atoms with Crippen molar-refractivity contribution >= 4 is 16.8 Å². The van der Waals surface area contributed by atoms with E-state index < -0.39 is 0 Å². The third-order valence-electron chi connectivity index (χ3n) is 3.80. The highest BCUT2D eigenvalue weighted by Crippen LogP contribution is 2.35. The fraction of sp³-hybridized carbons (Fsp3) is 0.312. The van der Waals surface area contributed by atoms with Gasteiger partial charge in [-0.1, -0.05) is 0 Å². The molecular weight excluding hydrogens is 294 g/mol. The SMILES string of the molecule is CNC(=O)c1c(-c2n[nH]c3ccnc(OC)c23)ccn1C(C)C. The average Bonchev–Trinajstić information content (AvgIpc) is 3.17. The van der Waals surface area contributed by atoms with Crippen molar-refractivity contribution in [1.29, 1.82) is 0 Å². The normalized spacial score (nSPS) is 11.2. The lowest BCUT2D eigenvalue weighted by molar-refractivity contribution is 0.0953. The third-order valence-corrected chi connectivity index (χ3v) is 3.80. The number of rotatable bonds is 4. The number of nitrogens with zero attached hydrogens (tertiary/aromatic N) is 3. The summed E-state index contributed by atoms with van der Waals surface area (Å²) in [7, 11) is 3.19. The van der Waals surface area contributed by atoms with Gasteiger partial charge in [0, 0.05) is 31.0 Å². The number of aromatic nitrogens is 4. The highest BCUT2D eigenvalue weighted by atomic mass is 16.5. The van der Waals surface area contributed by atoms with Gasteiger partial charge in [-0.3, -0.25) is 9.89 Å². The van der Waals surface area contributed by atoms with Gasteiger partial charge in [0.05, 0.1) is 18.0 Å². The summed E-state index contributed by atoms with van der Waals surface area (Å²) in [5, 5.41) is 10.8.